The Morgan fingerprint density at radius 2 is 1.81 bits per heavy atom. The van der Waals surface area contributed by atoms with E-state index >= 15 is 8.78 Å². The van der Waals surface area contributed by atoms with Crippen molar-refractivity contribution < 1.29 is 41.6 Å². The van der Waals surface area contributed by atoms with E-state index in [4.69, 9.17) is 30.6 Å². The van der Waals surface area contributed by atoms with Crippen LogP contribution in [0.4, 0.5) is 13.6 Å². The van der Waals surface area contributed by atoms with E-state index in [-0.39, 0.29) is 36.8 Å². The number of carbonyl (C=O) groups excluding carboxylic acids is 2. The van der Waals surface area contributed by atoms with Gasteiger partial charge < -0.3 is 24.0 Å². The average Bonchev–Trinajstić information content (AvgIpc) is 3.33. The Labute approximate surface area is 285 Å². The minimum Gasteiger partial charge on any atom is -0.451 e. The van der Waals surface area contributed by atoms with Crippen LogP contribution in [0.25, 0.3) is 0 Å². The summed E-state index contributed by atoms with van der Waals surface area (Å²) in [7, 11) is -0.144. The first kappa shape index (κ1) is 34.9. The number of likely N-dealkylation sites (N-methyl/N-ethyl adjacent to an activating group) is 1. The van der Waals surface area contributed by atoms with Crippen LogP contribution in [0.5, 0.6) is 11.5 Å². The average molecular weight is 712 g/mol. The maximum absolute atomic E-state index is 15.3. The molecule has 0 spiro atoms. The highest BCUT2D eigenvalue weighted by atomic mass is 35.5. The summed E-state index contributed by atoms with van der Waals surface area (Å²) >= 11 is 5.89. The number of benzene rings is 2. The highest BCUT2D eigenvalue weighted by Crippen LogP contribution is 2.43. The topological polar surface area (TPSA) is 113 Å². The molecular formula is C32H40ClF2N5O7S. The van der Waals surface area contributed by atoms with E-state index in [1.54, 1.807) is 0 Å². The number of halogens is 3. The van der Waals surface area contributed by atoms with Crippen molar-refractivity contribution in [3.05, 3.63) is 53.1 Å². The minimum absolute atomic E-state index is 0.115. The SMILES string of the molecule is CN1CCN(CCOC(=O)N2CC3CCC(C(=O)NOC4CCCCO4)(C2)N3S(=O)c2cc(F)c(Oc3ccc(Cl)cc3)c(F)c2)CC1. The molecule has 4 atom stereocenters. The van der Waals surface area contributed by atoms with E-state index < -0.39 is 58.2 Å². The first-order valence-corrected chi connectivity index (χ1v) is 17.7. The van der Waals surface area contributed by atoms with Crippen LogP contribution in [0.3, 0.4) is 0 Å². The number of ether oxygens (including phenoxy) is 3. The predicted octanol–water partition coefficient (Wildman–Crippen LogP) is 3.91. The van der Waals surface area contributed by atoms with Crippen LogP contribution in [0.2, 0.25) is 5.02 Å². The van der Waals surface area contributed by atoms with Gasteiger partial charge in [-0.15, -0.1) is 0 Å². The molecule has 4 aliphatic heterocycles. The van der Waals surface area contributed by atoms with Crippen molar-refractivity contribution in [3.63, 3.8) is 0 Å². The molecule has 4 heterocycles. The Balaban J connectivity index is 1.19. The lowest BCUT2D eigenvalue weighted by molar-refractivity contribution is -0.204. The van der Waals surface area contributed by atoms with Gasteiger partial charge >= 0.3 is 6.09 Å². The van der Waals surface area contributed by atoms with Crippen LogP contribution < -0.4 is 10.2 Å². The zero-order valence-corrected chi connectivity index (χ0v) is 28.3. The van der Waals surface area contributed by atoms with E-state index in [2.05, 4.69) is 22.3 Å². The Morgan fingerprint density at radius 1 is 1.08 bits per heavy atom. The highest BCUT2D eigenvalue weighted by molar-refractivity contribution is 7.82. The zero-order valence-electron chi connectivity index (χ0n) is 26.7. The largest absolute Gasteiger partial charge is 0.451 e. The summed E-state index contributed by atoms with van der Waals surface area (Å²) in [4.78, 5) is 38.6. The molecule has 4 unspecified atom stereocenters. The second-order valence-corrected chi connectivity index (χ2v) is 14.4. The van der Waals surface area contributed by atoms with Crippen molar-refractivity contribution >= 4 is 34.6 Å². The molecule has 4 aliphatic rings. The van der Waals surface area contributed by atoms with Gasteiger partial charge in [0.25, 0.3) is 5.91 Å². The monoisotopic (exact) mass is 711 g/mol. The minimum atomic E-state index is -2.21. The number of likely N-dealkylation sites (tertiary alicyclic amines) is 1. The van der Waals surface area contributed by atoms with Crippen molar-refractivity contribution in [1.82, 2.24) is 24.5 Å². The van der Waals surface area contributed by atoms with Crippen molar-refractivity contribution in [2.75, 3.05) is 66.1 Å². The number of amides is 2. The normalized spacial score (nSPS) is 25.9. The van der Waals surface area contributed by atoms with Crippen molar-refractivity contribution in [2.24, 2.45) is 0 Å². The number of rotatable bonds is 10. The molecule has 1 N–H and O–H groups in total. The van der Waals surface area contributed by atoms with Gasteiger partial charge in [0.2, 0.25) is 0 Å². The number of piperazine rings is 2. The van der Waals surface area contributed by atoms with Gasteiger partial charge in [0.05, 0.1) is 11.4 Å². The molecule has 0 radical (unpaired) electrons. The number of nitrogens with zero attached hydrogens (tertiary/aromatic N) is 4. The number of hydroxylamine groups is 1. The lowest BCUT2D eigenvalue weighted by Gasteiger charge is -2.46. The van der Waals surface area contributed by atoms with Gasteiger partial charge in [-0.25, -0.2) is 28.1 Å². The molecule has 0 aromatic heterocycles. The van der Waals surface area contributed by atoms with E-state index in [9.17, 15) is 13.8 Å². The summed E-state index contributed by atoms with van der Waals surface area (Å²) in [5.74, 6) is -3.28. The van der Waals surface area contributed by atoms with E-state index in [1.807, 2.05) is 0 Å². The van der Waals surface area contributed by atoms with Gasteiger partial charge in [-0.1, -0.05) is 11.6 Å². The fourth-order valence-electron chi connectivity index (χ4n) is 6.56. The van der Waals surface area contributed by atoms with Crippen molar-refractivity contribution in [3.8, 4) is 11.5 Å². The third-order valence-electron chi connectivity index (χ3n) is 9.24. The van der Waals surface area contributed by atoms with Gasteiger partial charge in [0, 0.05) is 63.4 Å². The zero-order chi connectivity index (χ0) is 33.8. The molecule has 12 nitrogen and oxygen atoms in total. The molecule has 0 saturated carbocycles. The molecule has 16 heteroatoms. The van der Waals surface area contributed by atoms with Gasteiger partial charge in [0.1, 0.15) is 28.9 Å². The first-order chi connectivity index (χ1) is 23.1. The van der Waals surface area contributed by atoms with Gasteiger partial charge in [0.15, 0.2) is 23.7 Å². The maximum Gasteiger partial charge on any atom is 0.409 e. The summed E-state index contributed by atoms with van der Waals surface area (Å²) in [6.45, 7) is 4.85. The Morgan fingerprint density at radius 3 is 2.50 bits per heavy atom. The summed E-state index contributed by atoms with van der Waals surface area (Å²) in [6, 6.07) is 7.25. The molecule has 4 saturated heterocycles. The molecule has 2 bridgehead atoms. The van der Waals surface area contributed by atoms with Crippen LogP contribution in [0.1, 0.15) is 32.1 Å². The van der Waals surface area contributed by atoms with E-state index in [0.717, 1.165) is 51.2 Å². The second kappa shape index (κ2) is 15.3. The van der Waals surface area contributed by atoms with Crippen molar-refractivity contribution in [2.45, 2.75) is 54.9 Å². The number of hydrogen-bond donors (Lipinski definition) is 1. The number of hydrogen-bond acceptors (Lipinski definition) is 9. The summed E-state index contributed by atoms with van der Waals surface area (Å²) in [5.41, 5.74) is 0.945. The van der Waals surface area contributed by atoms with Crippen LogP contribution in [0.15, 0.2) is 41.3 Å². The molecule has 2 aromatic rings. The predicted molar refractivity (Wildman–Crippen MR) is 172 cm³/mol. The summed E-state index contributed by atoms with van der Waals surface area (Å²) in [5, 5.41) is 0.428. The molecule has 2 amide bonds. The molecule has 6 rings (SSSR count). The number of nitrogens with one attached hydrogen (secondary N) is 1. The third-order valence-corrected chi connectivity index (χ3v) is 11.1. The van der Waals surface area contributed by atoms with Crippen LogP contribution in [-0.2, 0) is 30.1 Å². The quantitative estimate of drug-likeness (QED) is 0.367. The van der Waals surface area contributed by atoms with Crippen LogP contribution >= 0.6 is 11.6 Å². The Hall–Kier alpha value is -2.92. The first-order valence-electron chi connectivity index (χ1n) is 16.2. The molecule has 4 fully saturated rings. The Kier molecular flexibility index (Phi) is 11.1. The molecule has 2 aromatic carbocycles. The molecule has 0 aliphatic carbocycles. The Bertz CT molecular complexity index is 1470. The number of fused-ring (bicyclic) bond motifs is 2. The second-order valence-electron chi connectivity index (χ2n) is 12.6. The maximum atomic E-state index is 15.3. The fraction of sp³-hybridized carbons (Fsp3) is 0.562. The highest BCUT2D eigenvalue weighted by Gasteiger charge is 2.60. The summed E-state index contributed by atoms with van der Waals surface area (Å²) < 4.78 is 62.9. The third kappa shape index (κ3) is 7.77. The lowest BCUT2D eigenvalue weighted by Crippen LogP contribution is -2.68. The van der Waals surface area contributed by atoms with Gasteiger partial charge in [-0.3, -0.25) is 9.69 Å². The molecular weight excluding hydrogens is 672 g/mol. The lowest BCUT2D eigenvalue weighted by atomic mass is 9.96. The van der Waals surface area contributed by atoms with Crippen LogP contribution in [-0.4, -0.2) is 119 Å². The van der Waals surface area contributed by atoms with Crippen molar-refractivity contribution in [1.29, 1.82) is 0 Å². The standard InChI is InChI=1S/C32H40ClF2N5O7S/c1-37-11-13-38(14-12-37)15-17-45-31(42)39-20-23-9-10-32(21-39,30(41)36-47-28-4-2-3-16-44-28)40(23)48(43)25-18-26(34)29(27(35)19-25)46-24-7-5-22(33)6-8-24/h5-8,18-19,23,28H,2-4,9-17,20-21H2,1H3,(H,36,41). The van der Waals surface area contributed by atoms with E-state index in [1.165, 1.54) is 33.5 Å². The molecule has 262 valence electrons. The summed E-state index contributed by atoms with van der Waals surface area (Å²) in [6.07, 6.45) is 1.72. The van der Waals surface area contributed by atoms with Gasteiger partial charge in [-0.05, 0) is 69.1 Å². The van der Waals surface area contributed by atoms with Gasteiger partial charge in [-0.2, -0.15) is 4.31 Å². The van der Waals surface area contributed by atoms with E-state index in [0.29, 0.717) is 31.0 Å². The number of carbonyl (C=O) groups is 2. The van der Waals surface area contributed by atoms with Crippen LogP contribution in [0, 0.1) is 11.6 Å². The fourth-order valence-corrected chi connectivity index (χ4v) is 8.32. The molecule has 48 heavy (non-hydrogen) atoms. The smallest absolute Gasteiger partial charge is 0.409 e.